The number of benzene rings is 1. The van der Waals surface area contributed by atoms with E-state index >= 15 is 0 Å². The van der Waals surface area contributed by atoms with Crippen molar-refractivity contribution in [3.8, 4) is 11.3 Å². The first-order valence-corrected chi connectivity index (χ1v) is 7.87. The summed E-state index contributed by atoms with van der Waals surface area (Å²) in [5.41, 5.74) is 2.78. The van der Waals surface area contributed by atoms with E-state index in [1.807, 2.05) is 36.4 Å². The minimum Gasteiger partial charge on any atom is -0.512 e. The Kier molecular flexibility index (Phi) is 8.38. The second kappa shape index (κ2) is 9.76. The van der Waals surface area contributed by atoms with Crippen molar-refractivity contribution < 1.29 is 30.0 Å². The summed E-state index contributed by atoms with van der Waals surface area (Å²) in [4.78, 5) is 15.5. The van der Waals surface area contributed by atoms with Crippen molar-refractivity contribution in [3.63, 3.8) is 0 Å². The van der Waals surface area contributed by atoms with Crippen LogP contribution in [0.1, 0.15) is 25.5 Å². The number of rotatable bonds is 6. The van der Waals surface area contributed by atoms with E-state index in [0.29, 0.717) is 6.42 Å². The van der Waals surface area contributed by atoms with Crippen LogP contribution < -0.4 is 0 Å². The summed E-state index contributed by atoms with van der Waals surface area (Å²) in [5.74, 6) is -0.00760. The molecule has 0 amide bonds. The van der Waals surface area contributed by atoms with Crippen LogP contribution in [0.2, 0.25) is 0 Å². The van der Waals surface area contributed by atoms with Gasteiger partial charge in [-0.05, 0) is 31.5 Å². The van der Waals surface area contributed by atoms with Crippen LogP contribution >= 0.6 is 15.9 Å². The van der Waals surface area contributed by atoms with Gasteiger partial charge in [0.1, 0.15) is 0 Å². The molecule has 0 bridgehead atoms. The van der Waals surface area contributed by atoms with Crippen LogP contribution in [-0.4, -0.2) is 15.9 Å². The number of aromatic nitrogens is 1. The zero-order chi connectivity index (χ0) is 15.9. The van der Waals surface area contributed by atoms with E-state index in [1.165, 1.54) is 13.0 Å². The summed E-state index contributed by atoms with van der Waals surface area (Å²) >= 11 is 3.45. The molecule has 0 saturated carbocycles. The van der Waals surface area contributed by atoms with E-state index < -0.39 is 0 Å². The average molecular weight is 551 g/mol. The van der Waals surface area contributed by atoms with Gasteiger partial charge in [0.05, 0.1) is 5.76 Å². The molecular weight excluding hydrogens is 534 g/mol. The molecule has 1 aromatic carbocycles. The molecule has 123 valence electrons. The van der Waals surface area contributed by atoms with Crippen LogP contribution in [0.4, 0.5) is 0 Å². The van der Waals surface area contributed by atoms with Crippen molar-refractivity contribution in [2.45, 2.75) is 26.2 Å². The van der Waals surface area contributed by atoms with Crippen LogP contribution in [0.5, 0.6) is 0 Å². The number of pyridine rings is 1. The number of allylic oxidation sites excluding steroid dienone is 2. The predicted molar refractivity (Wildman–Crippen MR) is 90.5 cm³/mol. The largest absolute Gasteiger partial charge is 0.512 e. The first kappa shape index (κ1) is 19.8. The number of carbonyl (C=O) groups is 1. The van der Waals surface area contributed by atoms with E-state index in [1.54, 1.807) is 0 Å². The van der Waals surface area contributed by atoms with Gasteiger partial charge in [0.2, 0.25) is 0 Å². The molecule has 0 fully saturated rings. The smallest absolute Gasteiger partial charge is 0.155 e. The molecule has 1 N–H and O–H groups in total. The molecule has 0 spiro atoms. The van der Waals surface area contributed by atoms with Crippen molar-refractivity contribution in [2.24, 2.45) is 0 Å². The molecule has 1 heterocycles. The van der Waals surface area contributed by atoms with Gasteiger partial charge in [0, 0.05) is 38.3 Å². The Labute approximate surface area is 158 Å². The van der Waals surface area contributed by atoms with Gasteiger partial charge in [-0.15, -0.1) is 29.8 Å². The maximum Gasteiger partial charge on any atom is 0.155 e. The van der Waals surface area contributed by atoms with Crippen molar-refractivity contribution >= 4 is 21.7 Å². The number of carbonyl (C=O) groups excluding carboxylic acids is 1. The third-order valence-corrected chi connectivity index (χ3v) is 3.58. The Hall–Kier alpha value is -1.29. The monoisotopic (exact) mass is 551 g/mol. The maximum absolute atomic E-state index is 10.9. The Morgan fingerprint density at radius 3 is 2.87 bits per heavy atom. The summed E-state index contributed by atoms with van der Waals surface area (Å²) in [7, 11) is 0. The number of hydrogen-bond donors (Lipinski definition) is 1. The first-order valence-electron chi connectivity index (χ1n) is 7.08. The predicted octanol–water partition coefficient (Wildman–Crippen LogP) is 4.66. The number of aryl methyl sites for hydroxylation is 1. The second-order valence-electron chi connectivity index (χ2n) is 5.03. The Morgan fingerprint density at radius 2 is 2.17 bits per heavy atom. The normalized spacial score (nSPS) is 11.0. The number of hydrogen-bond acceptors (Lipinski definition) is 3. The third kappa shape index (κ3) is 6.78. The molecule has 2 rings (SSSR count). The van der Waals surface area contributed by atoms with E-state index in [-0.39, 0.29) is 31.6 Å². The molecule has 0 aliphatic rings. The van der Waals surface area contributed by atoms with Gasteiger partial charge < -0.3 is 10.1 Å². The first-order chi connectivity index (χ1) is 10.5. The van der Waals surface area contributed by atoms with Crippen LogP contribution in [0.15, 0.2) is 52.7 Å². The summed E-state index contributed by atoms with van der Waals surface area (Å²) in [6.07, 6.45) is 3.24. The number of nitrogens with zero attached hydrogens (tertiary/aromatic N) is 1. The minimum atomic E-state index is -0.136. The van der Waals surface area contributed by atoms with Gasteiger partial charge in [-0.3, -0.25) is 4.79 Å². The van der Waals surface area contributed by atoms with Gasteiger partial charge in [0.15, 0.2) is 5.78 Å². The molecule has 1 radical (unpaired) electrons. The molecule has 5 heteroatoms. The van der Waals surface area contributed by atoms with Crippen molar-refractivity contribution in [2.75, 3.05) is 0 Å². The maximum atomic E-state index is 10.9. The molecule has 23 heavy (non-hydrogen) atoms. The zero-order valence-electron chi connectivity index (χ0n) is 12.7. The van der Waals surface area contributed by atoms with Gasteiger partial charge in [-0.1, -0.05) is 32.5 Å². The van der Waals surface area contributed by atoms with Gasteiger partial charge >= 0.3 is 0 Å². The second-order valence-corrected chi connectivity index (χ2v) is 5.95. The summed E-state index contributed by atoms with van der Waals surface area (Å²) in [6, 6.07) is 14.8. The van der Waals surface area contributed by atoms with Crippen molar-refractivity contribution in [1.82, 2.24) is 4.98 Å². The van der Waals surface area contributed by atoms with Gasteiger partial charge in [0.25, 0.3) is 0 Å². The molecule has 3 nitrogen and oxygen atoms in total. The summed E-state index contributed by atoms with van der Waals surface area (Å²) in [6.45, 7) is 1.43. The van der Waals surface area contributed by atoms with Crippen molar-refractivity contribution in [3.05, 3.63) is 64.5 Å². The molecule has 0 unspecified atom stereocenters. The number of aliphatic hydroxyl groups is 1. The molecule has 1 aromatic heterocycles. The molecule has 2 aromatic rings. The Bertz CT molecular complexity index is 701. The Morgan fingerprint density at radius 1 is 1.39 bits per heavy atom. The topological polar surface area (TPSA) is 50.2 Å². The zero-order valence-corrected chi connectivity index (χ0v) is 16.7. The van der Waals surface area contributed by atoms with E-state index in [4.69, 9.17) is 0 Å². The average Bonchev–Trinajstić information content (AvgIpc) is 2.47. The molecule has 0 saturated heterocycles. The fraction of sp³-hybridized carbons (Fsp3) is 0.222. The molecular formula is C18H17BrIrNO2-. The van der Waals surface area contributed by atoms with Crippen molar-refractivity contribution in [1.29, 1.82) is 0 Å². The van der Waals surface area contributed by atoms with E-state index in [2.05, 4.69) is 27.0 Å². The van der Waals surface area contributed by atoms with E-state index in [9.17, 15) is 9.90 Å². The standard InChI is InChI=1S/C18H17BrNO2.Ir/c1-13(21)11-17(22)9-3-7-16-8-4-10-18(20-16)14-5-2-6-15(19)12-14;/h2,4,6,8,10-12,22H,3,7,9H2,1H3;/q-1;. The van der Waals surface area contributed by atoms with Crippen LogP contribution in [0.25, 0.3) is 11.3 Å². The van der Waals surface area contributed by atoms with Crippen LogP contribution in [-0.2, 0) is 31.3 Å². The molecule has 0 aliphatic carbocycles. The van der Waals surface area contributed by atoms with Crippen LogP contribution in [0, 0.1) is 6.07 Å². The Balaban J connectivity index is 0.00000264. The third-order valence-electron chi connectivity index (χ3n) is 3.08. The number of aliphatic hydroxyl groups excluding tert-OH is 1. The number of ketones is 1. The van der Waals surface area contributed by atoms with Gasteiger partial charge in [-0.25, -0.2) is 0 Å². The van der Waals surface area contributed by atoms with Gasteiger partial charge in [-0.2, -0.15) is 0 Å². The van der Waals surface area contributed by atoms with E-state index in [0.717, 1.165) is 34.3 Å². The fourth-order valence-electron chi connectivity index (χ4n) is 2.11. The quantitative estimate of drug-likeness (QED) is 0.323. The molecule has 0 atom stereocenters. The summed E-state index contributed by atoms with van der Waals surface area (Å²) < 4.78 is 0.993. The summed E-state index contributed by atoms with van der Waals surface area (Å²) in [5, 5.41) is 9.57. The fourth-order valence-corrected chi connectivity index (χ4v) is 2.47. The molecule has 0 aliphatic heterocycles. The SMILES string of the molecule is CC(=O)C=C(O)CCCc1cccc(-c2[c-]ccc(Br)c2)n1.[Ir]. The number of halogens is 1. The van der Waals surface area contributed by atoms with Crippen LogP contribution in [0.3, 0.4) is 0 Å². The minimum absolute atomic E-state index is 0.